The molecule has 69 heavy (non-hydrogen) atoms. The van der Waals surface area contributed by atoms with Crippen molar-refractivity contribution in [2.75, 3.05) is 11.5 Å². The summed E-state index contributed by atoms with van der Waals surface area (Å²) in [6.07, 6.45) is 2.70. The average molecular weight is 1050 g/mol. The fourth-order valence-electron chi connectivity index (χ4n) is 8.97. The van der Waals surface area contributed by atoms with Crippen LogP contribution in [0.4, 0.5) is 26.3 Å². The van der Waals surface area contributed by atoms with Crippen LogP contribution in [0.15, 0.2) is 107 Å². The lowest BCUT2D eigenvalue weighted by Crippen LogP contribution is -2.28. The second kappa shape index (κ2) is 28.6. The van der Waals surface area contributed by atoms with Crippen LogP contribution in [0.1, 0.15) is 176 Å². The second-order valence-electron chi connectivity index (χ2n) is 18.2. The Morgan fingerprint density at radius 3 is 1.19 bits per heavy atom. The number of thiol groups is 2. The van der Waals surface area contributed by atoms with Gasteiger partial charge in [0.25, 0.3) is 0 Å². The van der Waals surface area contributed by atoms with E-state index in [-0.39, 0.29) is 47.2 Å². The van der Waals surface area contributed by atoms with Crippen LogP contribution in [-0.2, 0) is 25.7 Å². The molecule has 0 amide bonds. The van der Waals surface area contributed by atoms with Crippen LogP contribution >= 0.6 is 25.3 Å². The smallest absolute Gasteiger partial charge is 0.381 e. The van der Waals surface area contributed by atoms with E-state index in [2.05, 4.69) is 55.5 Å². The Labute approximate surface area is 418 Å². The van der Waals surface area contributed by atoms with E-state index in [1.807, 2.05) is 24.3 Å². The number of hydrogen-bond donors (Lipinski definition) is 2. The van der Waals surface area contributed by atoms with Gasteiger partial charge in [-0.25, -0.2) is 0 Å². The highest BCUT2D eigenvalue weighted by Crippen LogP contribution is 2.44. The Morgan fingerprint density at radius 2 is 0.826 bits per heavy atom. The van der Waals surface area contributed by atoms with Gasteiger partial charge in [-0.1, -0.05) is 163 Å². The van der Waals surface area contributed by atoms with Gasteiger partial charge in [0.15, 0.2) is 11.5 Å². The van der Waals surface area contributed by atoms with Crippen LogP contribution in [0, 0.1) is 0 Å². The lowest BCUT2D eigenvalue weighted by atomic mass is 9.67. The molecule has 0 N–H and O–H groups in total. The molecule has 0 heterocycles. The molecule has 0 unspecified atom stereocenters. The summed E-state index contributed by atoms with van der Waals surface area (Å²) in [6.45, 7) is 2.19. The van der Waals surface area contributed by atoms with E-state index >= 15 is 0 Å². The minimum atomic E-state index is -4.15. The normalized spacial score (nSPS) is 12.7. The number of hydrogen-bond acceptors (Lipinski definition) is 8. The molecule has 4 rings (SSSR count). The van der Waals surface area contributed by atoms with Crippen LogP contribution in [0.5, 0.6) is 11.5 Å². The molecule has 0 bridgehead atoms. The molecule has 0 radical (unpaired) electrons. The molecule has 0 aliphatic heterocycles. The minimum absolute atomic E-state index is 0.0852. The first-order chi connectivity index (χ1) is 32.7. The molecule has 384 valence electrons. The molecule has 0 saturated heterocycles. The Bertz CT molecular complexity index is 2170. The van der Waals surface area contributed by atoms with Crippen molar-refractivity contribution in [1.82, 2.24) is 0 Å². The van der Waals surface area contributed by atoms with Gasteiger partial charge in [0.1, 0.15) is 0 Å². The highest BCUT2D eigenvalue weighted by molar-refractivity contribution is 7.87. The third-order valence-electron chi connectivity index (χ3n) is 12.6. The summed E-state index contributed by atoms with van der Waals surface area (Å²) < 4.78 is 138. The molecular formula is C53H70F6O6S4. The van der Waals surface area contributed by atoms with Gasteiger partial charge in [-0.15, -0.1) is 25.3 Å². The van der Waals surface area contributed by atoms with Gasteiger partial charge < -0.3 is 8.37 Å². The minimum Gasteiger partial charge on any atom is -0.381 e. The van der Waals surface area contributed by atoms with E-state index in [9.17, 15) is 43.2 Å². The summed E-state index contributed by atoms with van der Waals surface area (Å²) >= 11 is 9.39. The predicted molar refractivity (Wildman–Crippen MR) is 271 cm³/mol. The van der Waals surface area contributed by atoms with E-state index in [0.29, 0.717) is 80.4 Å². The van der Waals surface area contributed by atoms with E-state index in [4.69, 9.17) is 33.6 Å². The van der Waals surface area contributed by atoms with Gasteiger partial charge in [0, 0.05) is 34.0 Å². The van der Waals surface area contributed by atoms with Crippen molar-refractivity contribution in [2.45, 2.75) is 182 Å². The Morgan fingerprint density at radius 1 is 0.464 bits per heavy atom. The summed E-state index contributed by atoms with van der Waals surface area (Å²) in [6, 6.07) is 31.5. The zero-order chi connectivity index (χ0) is 50.4. The van der Waals surface area contributed by atoms with Crippen LogP contribution in [0.25, 0.3) is 0 Å². The van der Waals surface area contributed by atoms with E-state index in [1.165, 1.54) is 11.1 Å². The Balaban J connectivity index is 1.50. The summed E-state index contributed by atoms with van der Waals surface area (Å²) in [5.41, 5.74) is 3.89. The van der Waals surface area contributed by atoms with Crippen LogP contribution in [0.2, 0.25) is 0 Å². The largest absolute Gasteiger partial charge is 0.389 e. The zero-order valence-corrected chi connectivity index (χ0v) is 43.1. The van der Waals surface area contributed by atoms with Crippen molar-refractivity contribution >= 4 is 45.5 Å². The lowest BCUT2D eigenvalue weighted by Gasteiger charge is -2.36. The van der Waals surface area contributed by atoms with Gasteiger partial charge in [0.2, 0.25) is 0 Å². The van der Waals surface area contributed by atoms with Crippen molar-refractivity contribution in [3.63, 3.8) is 0 Å². The third-order valence-corrected chi connectivity index (χ3v) is 15.8. The fraction of sp³-hybridized carbons (Fsp3) is 0.547. The maximum Gasteiger partial charge on any atom is 0.389 e. The van der Waals surface area contributed by atoms with Crippen molar-refractivity contribution in [1.29, 1.82) is 0 Å². The lowest BCUT2D eigenvalue weighted by molar-refractivity contribution is -0.136. The molecule has 6 nitrogen and oxygen atoms in total. The summed E-state index contributed by atoms with van der Waals surface area (Å²) in [5.74, 6) is -0.514. The van der Waals surface area contributed by atoms with Gasteiger partial charge >= 0.3 is 32.6 Å². The van der Waals surface area contributed by atoms with Gasteiger partial charge in [-0.2, -0.15) is 43.2 Å². The number of rotatable bonds is 33. The molecular weight excluding hydrogens is 975 g/mol. The zero-order valence-electron chi connectivity index (χ0n) is 39.7. The molecule has 0 fully saturated rings. The van der Waals surface area contributed by atoms with Gasteiger partial charge in [-0.05, 0) is 91.5 Å². The highest BCUT2D eigenvalue weighted by atomic mass is 32.2. The van der Waals surface area contributed by atoms with Gasteiger partial charge in [0.05, 0.1) is 11.5 Å². The Hall–Kier alpha value is -3.34. The summed E-state index contributed by atoms with van der Waals surface area (Å²) in [7, 11) is -7.95. The van der Waals surface area contributed by atoms with Gasteiger partial charge in [-0.3, -0.25) is 0 Å². The third kappa shape index (κ3) is 21.5. The molecule has 0 aromatic heterocycles. The van der Waals surface area contributed by atoms with Crippen LogP contribution in [0.3, 0.4) is 0 Å². The molecule has 0 spiro atoms. The van der Waals surface area contributed by atoms with Crippen LogP contribution < -0.4 is 8.37 Å². The molecule has 0 atom stereocenters. The molecule has 4 aromatic carbocycles. The predicted octanol–water partition coefficient (Wildman–Crippen LogP) is 16.5. The quantitative estimate of drug-likeness (QED) is 0.0214. The molecule has 0 aliphatic rings. The first kappa shape index (κ1) is 58.2. The van der Waals surface area contributed by atoms with Crippen LogP contribution in [-0.4, -0.2) is 40.7 Å². The van der Waals surface area contributed by atoms with Crippen molar-refractivity contribution in [3.05, 3.63) is 119 Å². The van der Waals surface area contributed by atoms with Crippen molar-refractivity contribution < 1.29 is 51.5 Å². The average Bonchev–Trinajstić information content (AvgIpc) is 3.29. The monoisotopic (exact) mass is 1040 g/mol. The molecule has 0 aliphatic carbocycles. The summed E-state index contributed by atoms with van der Waals surface area (Å²) in [4.78, 5) is 0.647. The number of unbranched alkanes of at least 4 members (excludes halogenated alkanes) is 13. The van der Waals surface area contributed by atoms with Crippen molar-refractivity contribution in [3.8, 4) is 11.5 Å². The maximum atomic E-state index is 13.1. The van der Waals surface area contributed by atoms with Crippen molar-refractivity contribution in [2.24, 2.45) is 0 Å². The number of halogens is 6. The Kier molecular flexibility index (Phi) is 24.2. The maximum absolute atomic E-state index is 13.1. The topological polar surface area (TPSA) is 86.7 Å². The highest BCUT2D eigenvalue weighted by Gasteiger charge is 2.34. The second-order valence-corrected chi connectivity index (χ2v) is 22.5. The first-order valence-electron chi connectivity index (χ1n) is 24.5. The first-order valence-corrected chi connectivity index (χ1v) is 28.5. The summed E-state index contributed by atoms with van der Waals surface area (Å²) in [5, 5.41) is 0. The molecule has 0 saturated carbocycles. The standard InChI is InChI=1S/C53H70F6O6S4/c1-2-3-34-51(44-25-16-14-17-26-44,45-27-18-15-19-28-45)35-24-29-46(42-30-32-47(49(66)40-42)64-68(60,61)38-22-12-8-4-6-10-20-36-52(54,55)56)43-31-33-48(50(67)41-43)65-69(62,63)39-23-13-9-5-7-11-21-37-53(57,58)59/h14-19,25-28,30-33,40-41,46,66-67H,2-13,20-24,29,34-39H2,1H3. The van der Waals surface area contributed by atoms with E-state index < -0.39 is 45.4 Å². The molecule has 16 heteroatoms. The SMILES string of the molecule is CCCCC(CCCC(c1ccc(OS(=O)(=O)CCCCCCCCCC(F)(F)F)c(S)c1)c1ccc(OS(=O)(=O)CCCCCCCCCC(F)(F)F)c(S)c1)(c1ccccc1)c1ccccc1. The number of benzene rings is 4. The number of alkyl halides is 6. The molecule has 4 aromatic rings. The fourth-order valence-corrected chi connectivity index (χ4v) is 11.8. The van der Waals surface area contributed by atoms with E-state index in [1.54, 1.807) is 24.3 Å². The van der Waals surface area contributed by atoms with E-state index in [0.717, 1.165) is 56.1 Å².